The molecule has 0 bridgehead atoms. The average molecular weight is 436 g/mol. The monoisotopic (exact) mass is 436 g/mol. The van der Waals surface area contributed by atoms with Crippen molar-refractivity contribution < 1.29 is 23.6 Å². The van der Waals surface area contributed by atoms with Crippen LogP contribution in [-0.2, 0) is 9.59 Å². The predicted molar refractivity (Wildman–Crippen MR) is 115 cm³/mol. The molecule has 1 aliphatic rings. The van der Waals surface area contributed by atoms with E-state index < -0.39 is 6.04 Å². The maximum Gasteiger partial charge on any atom is 0.261 e. The molecule has 2 aromatic carbocycles. The third-order valence-corrected chi connectivity index (χ3v) is 5.33. The summed E-state index contributed by atoms with van der Waals surface area (Å²) < 4.78 is 16.3. The fraction of sp³-hybridized carbons (Fsp3) is 0.304. The number of carbonyl (C=O) groups is 2. The Hall–Kier alpha value is -3.88. The van der Waals surface area contributed by atoms with Gasteiger partial charge in [0.05, 0.1) is 13.7 Å². The van der Waals surface area contributed by atoms with Crippen molar-refractivity contribution in [2.24, 2.45) is 0 Å². The second kappa shape index (κ2) is 9.51. The molecule has 3 aromatic rings. The molecule has 1 fully saturated rings. The maximum absolute atomic E-state index is 13.0. The molecule has 1 atom stereocenters. The standard InChI is InChI=1S/C23H24N4O5/c1-16(28)26-12-13-27(21(29)15-31-19-6-4-3-5-7-19)20(14-26)23-24-22(25-32-23)17-8-10-18(30-2)11-9-17/h3-11,20H,12-15H2,1-2H3. The molecule has 0 aliphatic carbocycles. The highest BCUT2D eigenvalue weighted by Crippen LogP contribution is 2.27. The molecule has 0 N–H and O–H groups in total. The van der Waals surface area contributed by atoms with Gasteiger partial charge in [0, 0.05) is 25.6 Å². The van der Waals surface area contributed by atoms with Crippen LogP contribution < -0.4 is 9.47 Å². The molecule has 1 aliphatic heterocycles. The van der Waals surface area contributed by atoms with E-state index in [0.29, 0.717) is 24.7 Å². The molecular formula is C23H24N4O5. The smallest absolute Gasteiger partial charge is 0.261 e. The van der Waals surface area contributed by atoms with Crippen molar-refractivity contribution in [1.29, 1.82) is 0 Å². The van der Waals surface area contributed by atoms with Crippen LogP contribution in [0.3, 0.4) is 0 Å². The van der Waals surface area contributed by atoms with Crippen LogP contribution in [0, 0.1) is 0 Å². The lowest BCUT2D eigenvalue weighted by atomic mass is 10.1. The Morgan fingerprint density at radius 1 is 1.06 bits per heavy atom. The van der Waals surface area contributed by atoms with E-state index in [-0.39, 0.29) is 30.9 Å². The van der Waals surface area contributed by atoms with Gasteiger partial charge in [0.25, 0.3) is 11.8 Å². The predicted octanol–water partition coefficient (Wildman–Crippen LogP) is 2.56. The van der Waals surface area contributed by atoms with E-state index in [1.807, 2.05) is 30.3 Å². The number of benzene rings is 2. The Morgan fingerprint density at radius 3 is 2.50 bits per heavy atom. The SMILES string of the molecule is COc1ccc(-c2noc(C3CN(C(C)=O)CCN3C(=O)COc3ccccc3)n2)cc1. The molecule has 2 heterocycles. The molecule has 9 heteroatoms. The molecule has 0 saturated carbocycles. The minimum atomic E-state index is -0.556. The van der Waals surface area contributed by atoms with Crippen LogP contribution in [0.25, 0.3) is 11.4 Å². The Morgan fingerprint density at radius 2 is 1.81 bits per heavy atom. The van der Waals surface area contributed by atoms with Crippen LogP contribution in [0.4, 0.5) is 0 Å². The van der Waals surface area contributed by atoms with Crippen LogP contribution in [-0.4, -0.2) is 65.1 Å². The van der Waals surface area contributed by atoms with E-state index in [1.54, 1.807) is 41.2 Å². The van der Waals surface area contributed by atoms with Crippen molar-refractivity contribution >= 4 is 11.8 Å². The highest BCUT2D eigenvalue weighted by Gasteiger charge is 2.36. The van der Waals surface area contributed by atoms with Crippen molar-refractivity contribution in [3.8, 4) is 22.9 Å². The van der Waals surface area contributed by atoms with Gasteiger partial charge in [-0.2, -0.15) is 4.98 Å². The summed E-state index contributed by atoms with van der Waals surface area (Å²) in [5.74, 6) is 1.71. The second-order valence-corrected chi connectivity index (χ2v) is 7.35. The van der Waals surface area contributed by atoms with Crippen LogP contribution in [0.2, 0.25) is 0 Å². The number of nitrogens with zero attached hydrogens (tertiary/aromatic N) is 4. The largest absolute Gasteiger partial charge is 0.497 e. The van der Waals surface area contributed by atoms with Crippen molar-refractivity contribution in [1.82, 2.24) is 19.9 Å². The lowest BCUT2D eigenvalue weighted by molar-refractivity contribution is -0.144. The highest BCUT2D eigenvalue weighted by molar-refractivity contribution is 5.79. The summed E-state index contributed by atoms with van der Waals surface area (Å²) in [7, 11) is 1.60. The zero-order valence-corrected chi connectivity index (χ0v) is 17.9. The second-order valence-electron chi connectivity index (χ2n) is 7.35. The van der Waals surface area contributed by atoms with Gasteiger partial charge in [-0.3, -0.25) is 9.59 Å². The molecule has 1 unspecified atom stereocenters. The van der Waals surface area contributed by atoms with Gasteiger partial charge < -0.3 is 23.8 Å². The third-order valence-electron chi connectivity index (χ3n) is 5.33. The zero-order valence-electron chi connectivity index (χ0n) is 17.9. The molecule has 0 spiro atoms. The Bertz CT molecular complexity index is 1070. The molecule has 32 heavy (non-hydrogen) atoms. The number of methoxy groups -OCH3 is 1. The summed E-state index contributed by atoms with van der Waals surface area (Å²) in [5.41, 5.74) is 0.755. The number of carbonyl (C=O) groups excluding carboxylic acids is 2. The summed E-state index contributed by atoms with van der Waals surface area (Å²) in [6.45, 7) is 2.43. The topological polar surface area (TPSA) is 98.0 Å². The van der Waals surface area contributed by atoms with E-state index in [2.05, 4.69) is 10.1 Å². The maximum atomic E-state index is 13.0. The van der Waals surface area contributed by atoms with Gasteiger partial charge in [0.1, 0.15) is 17.5 Å². The third kappa shape index (κ3) is 4.72. The van der Waals surface area contributed by atoms with E-state index >= 15 is 0 Å². The summed E-state index contributed by atoms with van der Waals surface area (Å²) in [4.78, 5) is 32.8. The number of amides is 2. The minimum Gasteiger partial charge on any atom is -0.497 e. The lowest BCUT2D eigenvalue weighted by Crippen LogP contribution is -2.53. The first kappa shape index (κ1) is 21.4. The van der Waals surface area contributed by atoms with E-state index in [1.165, 1.54) is 6.92 Å². The van der Waals surface area contributed by atoms with Gasteiger partial charge in [-0.25, -0.2) is 0 Å². The molecule has 0 radical (unpaired) electrons. The zero-order chi connectivity index (χ0) is 22.5. The Labute approximate surface area is 185 Å². The summed E-state index contributed by atoms with van der Waals surface area (Å²) in [6.07, 6.45) is 0. The number of para-hydroxylation sites is 1. The van der Waals surface area contributed by atoms with Crippen LogP contribution in [0.1, 0.15) is 18.9 Å². The minimum absolute atomic E-state index is 0.0717. The van der Waals surface area contributed by atoms with Crippen molar-refractivity contribution in [2.45, 2.75) is 13.0 Å². The van der Waals surface area contributed by atoms with Gasteiger partial charge in [0.15, 0.2) is 6.61 Å². The molecule has 1 aromatic heterocycles. The Balaban J connectivity index is 1.53. The van der Waals surface area contributed by atoms with Crippen LogP contribution in [0.5, 0.6) is 11.5 Å². The number of piperazine rings is 1. The normalized spacial score (nSPS) is 16.0. The van der Waals surface area contributed by atoms with Gasteiger partial charge in [-0.1, -0.05) is 23.4 Å². The van der Waals surface area contributed by atoms with Crippen molar-refractivity contribution in [3.05, 3.63) is 60.5 Å². The summed E-state index contributed by atoms with van der Waals surface area (Å²) in [6, 6.07) is 15.8. The van der Waals surface area contributed by atoms with E-state index in [4.69, 9.17) is 14.0 Å². The molecule has 1 saturated heterocycles. The molecule has 2 amide bonds. The first-order valence-corrected chi connectivity index (χ1v) is 10.3. The number of ether oxygens (including phenoxy) is 2. The Kier molecular flexibility index (Phi) is 6.34. The summed E-state index contributed by atoms with van der Waals surface area (Å²) >= 11 is 0. The highest BCUT2D eigenvalue weighted by atomic mass is 16.5. The van der Waals surface area contributed by atoms with E-state index in [9.17, 15) is 9.59 Å². The first-order chi connectivity index (χ1) is 15.5. The fourth-order valence-corrected chi connectivity index (χ4v) is 3.55. The lowest BCUT2D eigenvalue weighted by Gasteiger charge is -2.39. The molecule has 166 valence electrons. The quantitative estimate of drug-likeness (QED) is 0.586. The van der Waals surface area contributed by atoms with Gasteiger partial charge in [-0.05, 0) is 36.4 Å². The molecule has 9 nitrogen and oxygen atoms in total. The first-order valence-electron chi connectivity index (χ1n) is 10.3. The van der Waals surface area contributed by atoms with Crippen LogP contribution >= 0.6 is 0 Å². The number of aromatic nitrogens is 2. The number of hydrogen-bond donors (Lipinski definition) is 0. The fourth-order valence-electron chi connectivity index (χ4n) is 3.55. The van der Waals surface area contributed by atoms with Crippen molar-refractivity contribution in [2.75, 3.05) is 33.4 Å². The summed E-state index contributed by atoms with van der Waals surface area (Å²) in [5, 5.41) is 4.07. The number of rotatable bonds is 6. The van der Waals surface area contributed by atoms with Gasteiger partial charge >= 0.3 is 0 Å². The number of hydrogen-bond acceptors (Lipinski definition) is 7. The van der Waals surface area contributed by atoms with Crippen molar-refractivity contribution in [3.63, 3.8) is 0 Å². The van der Waals surface area contributed by atoms with Crippen LogP contribution in [0.15, 0.2) is 59.1 Å². The molecular weight excluding hydrogens is 412 g/mol. The molecule has 4 rings (SSSR count). The van der Waals surface area contributed by atoms with E-state index in [0.717, 1.165) is 11.3 Å². The van der Waals surface area contributed by atoms with Gasteiger partial charge in [-0.15, -0.1) is 0 Å². The van der Waals surface area contributed by atoms with Gasteiger partial charge in [0.2, 0.25) is 11.7 Å². The average Bonchev–Trinajstić information content (AvgIpc) is 3.33.